The number of carbonyl (C=O) groups excluding carboxylic acids is 1. The van der Waals surface area contributed by atoms with Crippen LogP contribution in [-0.4, -0.2) is 23.4 Å². The van der Waals surface area contributed by atoms with E-state index < -0.39 is 0 Å². The van der Waals surface area contributed by atoms with Gasteiger partial charge in [-0.3, -0.25) is 4.79 Å². The van der Waals surface area contributed by atoms with Crippen molar-refractivity contribution in [3.8, 4) is 0 Å². The largest absolute Gasteiger partial charge is 0.339 e. The Morgan fingerprint density at radius 3 is 2.62 bits per heavy atom. The van der Waals surface area contributed by atoms with E-state index in [1.165, 1.54) is 19.3 Å². The maximum atomic E-state index is 11.9. The van der Waals surface area contributed by atoms with Crippen LogP contribution in [0.15, 0.2) is 0 Å². The molecule has 0 aromatic carbocycles. The van der Waals surface area contributed by atoms with Gasteiger partial charge in [0.05, 0.1) is 0 Å². The molecule has 0 radical (unpaired) electrons. The van der Waals surface area contributed by atoms with Gasteiger partial charge in [0.25, 0.3) is 0 Å². The van der Waals surface area contributed by atoms with E-state index in [0.29, 0.717) is 17.9 Å². The van der Waals surface area contributed by atoms with Crippen LogP contribution in [0.1, 0.15) is 52.9 Å². The highest BCUT2D eigenvalue weighted by atomic mass is 16.2. The van der Waals surface area contributed by atoms with Gasteiger partial charge in [0.1, 0.15) is 0 Å². The first-order valence-corrected chi connectivity index (χ1v) is 6.89. The molecule has 0 N–H and O–H groups in total. The van der Waals surface area contributed by atoms with Crippen molar-refractivity contribution < 1.29 is 4.79 Å². The van der Waals surface area contributed by atoms with Crippen molar-refractivity contribution in [1.82, 2.24) is 4.90 Å². The van der Waals surface area contributed by atoms with Gasteiger partial charge in [0, 0.05) is 19.0 Å². The summed E-state index contributed by atoms with van der Waals surface area (Å²) >= 11 is 0. The number of carbonyl (C=O) groups is 1. The summed E-state index contributed by atoms with van der Waals surface area (Å²) in [4.78, 5) is 14.1. The second-order valence-corrected chi connectivity index (χ2v) is 6.08. The monoisotopic (exact) mass is 223 g/mol. The standard InChI is InChI=1S/C14H25NO/c1-10(2)12-7-6-11(3)9-13(12)15-8-4-5-14(15)16/h10-13H,4-9H2,1-3H3. The van der Waals surface area contributed by atoms with Crippen molar-refractivity contribution in [2.24, 2.45) is 17.8 Å². The summed E-state index contributed by atoms with van der Waals surface area (Å²) in [6.45, 7) is 7.98. The lowest BCUT2D eigenvalue weighted by molar-refractivity contribution is -0.132. The lowest BCUT2D eigenvalue weighted by Gasteiger charge is -2.42. The zero-order chi connectivity index (χ0) is 11.7. The molecule has 2 fully saturated rings. The number of hydrogen-bond acceptors (Lipinski definition) is 1. The smallest absolute Gasteiger partial charge is 0.222 e. The molecule has 2 heteroatoms. The first-order valence-electron chi connectivity index (χ1n) is 6.89. The van der Waals surface area contributed by atoms with Gasteiger partial charge in [0.15, 0.2) is 0 Å². The fourth-order valence-corrected chi connectivity index (χ4v) is 3.53. The summed E-state index contributed by atoms with van der Waals surface area (Å²) in [6.07, 6.45) is 5.76. The molecule has 3 atom stereocenters. The van der Waals surface area contributed by atoms with E-state index >= 15 is 0 Å². The second-order valence-electron chi connectivity index (χ2n) is 6.08. The summed E-state index contributed by atoms with van der Waals surface area (Å²) in [6, 6.07) is 0.541. The van der Waals surface area contributed by atoms with Crippen LogP contribution in [0.25, 0.3) is 0 Å². The van der Waals surface area contributed by atoms with Gasteiger partial charge in [-0.05, 0) is 37.0 Å². The minimum atomic E-state index is 0.407. The quantitative estimate of drug-likeness (QED) is 0.704. The third kappa shape index (κ3) is 2.26. The average Bonchev–Trinajstić information content (AvgIpc) is 2.63. The predicted octanol–water partition coefficient (Wildman–Crippen LogP) is 3.07. The third-order valence-electron chi connectivity index (χ3n) is 4.50. The average molecular weight is 223 g/mol. The highest BCUT2D eigenvalue weighted by Crippen LogP contribution is 2.37. The zero-order valence-corrected chi connectivity index (χ0v) is 10.9. The van der Waals surface area contributed by atoms with E-state index in [9.17, 15) is 4.79 Å². The van der Waals surface area contributed by atoms with Crippen LogP contribution in [0, 0.1) is 17.8 Å². The number of likely N-dealkylation sites (tertiary alicyclic amines) is 1. The zero-order valence-electron chi connectivity index (χ0n) is 10.9. The molecule has 1 saturated heterocycles. The van der Waals surface area contributed by atoms with E-state index in [1.54, 1.807) is 0 Å². The maximum absolute atomic E-state index is 11.9. The minimum Gasteiger partial charge on any atom is -0.339 e. The molecule has 16 heavy (non-hydrogen) atoms. The molecule has 1 aliphatic heterocycles. The fourth-order valence-electron chi connectivity index (χ4n) is 3.53. The first kappa shape index (κ1) is 11.9. The Morgan fingerprint density at radius 2 is 2.06 bits per heavy atom. The SMILES string of the molecule is CC1CCC(C(C)C)C(N2CCCC2=O)C1. The molecular weight excluding hydrogens is 198 g/mol. The molecule has 3 unspecified atom stereocenters. The van der Waals surface area contributed by atoms with Crippen molar-refractivity contribution in [2.45, 2.75) is 58.9 Å². The van der Waals surface area contributed by atoms with Crippen LogP contribution in [0.5, 0.6) is 0 Å². The molecule has 92 valence electrons. The molecule has 1 amide bonds. The maximum Gasteiger partial charge on any atom is 0.222 e. The molecule has 0 aromatic heterocycles. The summed E-state index contributed by atoms with van der Waals surface area (Å²) in [5, 5.41) is 0. The fraction of sp³-hybridized carbons (Fsp3) is 0.929. The minimum absolute atomic E-state index is 0.407. The summed E-state index contributed by atoms with van der Waals surface area (Å²) in [7, 11) is 0. The highest BCUT2D eigenvalue weighted by molar-refractivity contribution is 5.78. The topological polar surface area (TPSA) is 20.3 Å². The van der Waals surface area contributed by atoms with E-state index in [-0.39, 0.29) is 0 Å². The van der Waals surface area contributed by atoms with Gasteiger partial charge in [0.2, 0.25) is 5.91 Å². The summed E-state index contributed by atoms with van der Waals surface area (Å²) in [5.74, 6) is 2.65. The Bertz CT molecular complexity index is 261. The molecule has 0 aromatic rings. The molecule has 1 aliphatic carbocycles. The molecule has 2 nitrogen and oxygen atoms in total. The van der Waals surface area contributed by atoms with Crippen LogP contribution in [-0.2, 0) is 4.79 Å². The molecule has 1 saturated carbocycles. The predicted molar refractivity (Wildman–Crippen MR) is 66.1 cm³/mol. The Labute approximate surface area is 99.4 Å². The summed E-state index contributed by atoms with van der Waals surface area (Å²) in [5.41, 5.74) is 0. The van der Waals surface area contributed by atoms with Gasteiger partial charge in [-0.15, -0.1) is 0 Å². The number of nitrogens with zero attached hydrogens (tertiary/aromatic N) is 1. The molecule has 2 rings (SSSR count). The van der Waals surface area contributed by atoms with Crippen molar-refractivity contribution in [3.05, 3.63) is 0 Å². The highest BCUT2D eigenvalue weighted by Gasteiger charge is 2.37. The molecule has 0 bridgehead atoms. The van der Waals surface area contributed by atoms with Gasteiger partial charge in [-0.1, -0.05) is 27.2 Å². The number of hydrogen-bond donors (Lipinski definition) is 0. The van der Waals surface area contributed by atoms with Gasteiger partial charge in [-0.2, -0.15) is 0 Å². The normalized spacial score (nSPS) is 36.1. The Hall–Kier alpha value is -0.530. The number of amides is 1. The van der Waals surface area contributed by atoms with Crippen LogP contribution >= 0.6 is 0 Å². The van der Waals surface area contributed by atoms with Crippen molar-refractivity contribution in [2.75, 3.05) is 6.54 Å². The van der Waals surface area contributed by atoms with E-state index in [1.807, 2.05) is 0 Å². The Balaban J connectivity index is 2.10. The number of rotatable bonds is 2. The third-order valence-corrected chi connectivity index (χ3v) is 4.50. The van der Waals surface area contributed by atoms with Crippen LogP contribution in [0.3, 0.4) is 0 Å². The van der Waals surface area contributed by atoms with Crippen LogP contribution in [0.2, 0.25) is 0 Å². The van der Waals surface area contributed by atoms with Crippen LogP contribution < -0.4 is 0 Å². The van der Waals surface area contributed by atoms with Crippen molar-refractivity contribution in [1.29, 1.82) is 0 Å². The first-order chi connectivity index (χ1) is 7.59. The van der Waals surface area contributed by atoms with Crippen LogP contribution in [0.4, 0.5) is 0 Å². The molecular formula is C14H25NO. The van der Waals surface area contributed by atoms with E-state index in [2.05, 4.69) is 25.7 Å². The lowest BCUT2D eigenvalue weighted by Crippen LogP contribution is -2.46. The second kappa shape index (κ2) is 4.77. The van der Waals surface area contributed by atoms with Crippen molar-refractivity contribution >= 4 is 5.91 Å². The van der Waals surface area contributed by atoms with Gasteiger partial charge >= 0.3 is 0 Å². The Morgan fingerprint density at radius 1 is 1.31 bits per heavy atom. The van der Waals surface area contributed by atoms with Gasteiger partial charge in [-0.25, -0.2) is 0 Å². The molecule has 0 spiro atoms. The molecule has 2 aliphatic rings. The Kier molecular flexibility index (Phi) is 3.56. The summed E-state index contributed by atoms with van der Waals surface area (Å²) < 4.78 is 0. The van der Waals surface area contributed by atoms with E-state index in [0.717, 1.165) is 31.2 Å². The van der Waals surface area contributed by atoms with Crippen molar-refractivity contribution in [3.63, 3.8) is 0 Å². The molecule has 1 heterocycles. The van der Waals surface area contributed by atoms with E-state index in [4.69, 9.17) is 0 Å². The lowest BCUT2D eigenvalue weighted by atomic mass is 9.73. The van der Waals surface area contributed by atoms with Gasteiger partial charge < -0.3 is 4.90 Å².